The molecule has 1 saturated carbocycles. The zero-order chi connectivity index (χ0) is 19.3. The van der Waals surface area contributed by atoms with E-state index in [9.17, 15) is 4.79 Å². The minimum absolute atomic E-state index is 0.251. The predicted molar refractivity (Wildman–Crippen MR) is 114 cm³/mol. The summed E-state index contributed by atoms with van der Waals surface area (Å²) in [5.74, 6) is 1.74. The summed E-state index contributed by atoms with van der Waals surface area (Å²) in [5, 5.41) is 0. The lowest BCUT2D eigenvalue weighted by Gasteiger charge is -2.24. The molecule has 2 aliphatic rings. The van der Waals surface area contributed by atoms with E-state index in [-0.39, 0.29) is 5.92 Å². The summed E-state index contributed by atoms with van der Waals surface area (Å²) in [4.78, 5) is 19.9. The topological polar surface area (TPSA) is 38.1 Å². The number of aryl methyl sites for hydroxylation is 1. The van der Waals surface area contributed by atoms with E-state index in [1.54, 1.807) is 0 Å². The normalized spacial score (nSPS) is 20.7. The van der Waals surface area contributed by atoms with Gasteiger partial charge in [-0.25, -0.2) is 4.98 Å². The van der Waals surface area contributed by atoms with Crippen LogP contribution in [0.1, 0.15) is 89.3 Å². The molecule has 2 aromatic rings. The Hall–Kier alpha value is -1.84. The Morgan fingerprint density at radius 1 is 1.04 bits per heavy atom. The molecule has 0 N–H and O–H groups in total. The van der Waals surface area contributed by atoms with E-state index in [1.165, 1.54) is 69.7 Å². The van der Waals surface area contributed by atoms with Gasteiger partial charge in [0.2, 0.25) is 5.91 Å². The number of imidazole rings is 1. The molecule has 0 bridgehead atoms. The minimum Gasteiger partial charge on any atom is -0.339 e. The van der Waals surface area contributed by atoms with Gasteiger partial charge in [-0.1, -0.05) is 64.0 Å². The fourth-order valence-electron chi connectivity index (χ4n) is 5.16. The first kappa shape index (κ1) is 19.5. The smallest absolute Gasteiger partial charge is 0.223 e. The Morgan fingerprint density at radius 3 is 2.61 bits per heavy atom. The number of hydrogen-bond donors (Lipinski definition) is 0. The van der Waals surface area contributed by atoms with E-state index in [1.807, 2.05) is 0 Å². The number of aromatic nitrogens is 2. The molecule has 4 rings (SSSR count). The van der Waals surface area contributed by atoms with Crippen molar-refractivity contribution in [2.45, 2.75) is 96.1 Å². The van der Waals surface area contributed by atoms with Crippen LogP contribution in [0.15, 0.2) is 24.3 Å². The summed E-state index contributed by atoms with van der Waals surface area (Å²) in [6, 6.07) is 8.96. The average molecular weight is 382 g/mol. The van der Waals surface area contributed by atoms with E-state index in [0.717, 1.165) is 24.4 Å². The maximum Gasteiger partial charge on any atom is 0.223 e. The highest BCUT2D eigenvalue weighted by Crippen LogP contribution is 2.35. The van der Waals surface area contributed by atoms with Gasteiger partial charge in [-0.2, -0.15) is 0 Å². The quantitative estimate of drug-likeness (QED) is 0.526. The molecule has 4 nitrogen and oxygen atoms in total. The van der Waals surface area contributed by atoms with Crippen molar-refractivity contribution in [1.29, 1.82) is 0 Å². The lowest BCUT2D eigenvalue weighted by Crippen LogP contribution is -2.34. The largest absolute Gasteiger partial charge is 0.339 e. The summed E-state index contributed by atoms with van der Waals surface area (Å²) < 4.78 is 2.42. The van der Waals surface area contributed by atoms with E-state index in [2.05, 4.69) is 40.7 Å². The van der Waals surface area contributed by atoms with Crippen molar-refractivity contribution < 1.29 is 4.79 Å². The summed E-state index contributed by atoms with van der Waals surface area (Å²) in [7, 11) is 0. The molecule has 1 unspecified atom stereocenters. The van der Waals surface area contributed by atoms with Crippen LogP contribution in [0, 0.1) is 0 Å². The number of para-hydroxylation sites is 2. The van der Waals surface area contributed by atoms with Gasteiger partial charge in [0, 0.05) is 31.5 Å². The van der Waals surface area contributed by atoms with Crippen molar-refractivity contribution in [1.82, 2.24) is 14.5 Å². The zero-order valence-corrected chi connectivity index (χ0v) is 17.4. The first-order chi connectivity index (χ1) is 13.8. The van der Waals surface area contributed by atoms with Gasteiger partial charge in [-0.15, -0.1) is 0 Å². The zero-order valence-electron chi connectivity index (χ0n) is 17.4. The summed E-state index contributed by atoms with van der Waals surface area (Å²) in [5.41, 5.74) is 2.31. The summed E-state index contributed by atoms with van der Waals surface area (Å²) in [6.45, 7) is 4.15. The predicted octanol–water partition coefficient (Wildman–Crippen LogP) is 5.66. The monoisotopic (exact) mass is 381 g/mol. The van der Waals surface area contributed by atoms with Gasteiger partial charge >= 0.3 is 0 Å². The fraction of sp³-hybridized carbons (Fsp3) is 0.667. The molecule has 1 aliphatic carbocycles. The molecule has 152 valence electrons. The molecule has 0 spiro atoms. The highest BCUT2D eigenvalue weighted by Gasteiger charge is 2.38. The molecule has 1 aliphatic heterocycles. The summed E-state index contributed by atoms with van der Waals surface area (Å²) >= 11 is 0. The minimum atomic E-state index is 0.251. The third-order valence-electron chi connectivity index (χ3n) is 6.71. The SMILES string of the molecule is CCCCCCCCn1c(C2CC(=O)N(C3CCCC3)C2)nc2ccccc21. The number of hydrogen-bond acceptors (Lipinski definition) is 2. The van der Waals surface area contributed by atoms with Crippen molar-refractivity contribution in [3.05, 3.63) is 30.1 Å². The second-order valence-electron chi connectivity index (χ2n) is 8.76. The van der Waals surface area contributed by atoms with Gasteiger partial charge in [-0.05, 0) is 31.4 Å². The highest BCUT2D eigenvalue weighted by atomic mass is 16.2. The van der Waals surface area contributed by atoms with Crippen LogP contribution < -0.4 is 0 Å². The van der Waals surface area contributed by atoms with Gasteiger partial charge < -0.3 is 9.47 Å². The second kappa shape index (κ2) is 9.11. The van der Waals surface area contributed by atoms with Gasteiger partial charge in [-0.3, -0.25) is 4.79 Å². The number of fused-ring (bicyclic) bond motifs is 1. The maximum atomic E-state index is 12.7. The Morgan fingerprint density at radius 2 is 1.79 bits per heavy atom. The van der Waals surface area contributed by atoms with Crippen LogP contribution in [0.2, 0.25) is 0 Å². The van der Waals surface area contributed by atoms with Gasteiger partial charge in [0.25, 0.3) is 0 Å². The molecule has 0 radical (unpaired) electrons. The molecule has 2 heterocycles. The number of likely N-dealkylation sites (tertiary alicyclic amines) is 1. The van der Waals surface area contributed by atoms with Crippen LogP contribution in [-0.2, 0) is 11.3 Å². The van der Waals surface area contributed by atoms with Crippen molar-refractivity contribution >= 4 is 16.9 Å². The number of amides is 1. The first-order valence-corrected chi connectivity index (χ1v) is 11.5. The van der Waals surface area contributed by atoms with Crippen LogP contribution in [0.5, 0.6) is 0 Å². The van der Waals surface area contributed by atoms with Gasteiger partial charge in [0.15, 0.2) is 0 Å². The highest BCUT2D eigenvalue weighted by molar-refractivity contribution is 5.81. The van der Waals surface area contributed by atoms with Crippen LogP contribution in [-0.4, -0.2) is 32.9 Å². The van der Waals surface area contributed by atoms with Crippen LogP contribution in [0.25, 0.3) is 11.0 Å². The number of unbranched alkanes of at least 4 members (excludes halogenated alkanes) is 5. The van der Waals surface area contributed by atoms with Crippen molar-refractivity contribution in [3.63, 3.8) is 0 Å². The molecule has 28 heavy (non-hydrogen) atoms. The third kappa shape index (κ3) is 4.11. The number of nitrogens with zero attached hydrogens (tertiary/aromatic N) is 3. The summed E-state index contributed by atoms with van der Waals surface area (Å²) in [6.07, 6.45) is 13.4. The molecule has 1 saturated heterocycles. The fourth-order valence-corrected chi connectivity index (χ4v) is 5.16. The van der Waals surface area contributed by atoms with Crippen molar-refractivity contribution in [3.8, 4) is 0 Å². The van der Waals surface area contributed by atoms with Crippen LogP contribution in [0.4, 0.5) is 0 Å². The van der Waals surface area contributed by atoms with Gasteiger partial charge in [0.1, 0.15) is 5.82 Å². The Kier molecular flexibility index (Phi) is 6.33. The van der Waals surface area contributed by atoms with Crippen LogP contribution >= 0.6 is 0 Å². The molecule has 4 heteroatoms. The Bertz CT molecular complexity index is 790. The molecular formula is C24H35N3O. The number of carbonyl (C=O) groups is 1. The molecule has 1 atom stereocenters. The third-order valence-corrected chi connectivity index (χ3v) is 6.71. The lowest BCUT2D eigenvalue weighted by molar-refractivity contribution is -0.129. The second-order valence-corrected chi connectivity index (χ2v) is 8.76. The number of rotatable bonds is 9. The van der Waals surface area contributed by atoms with E-state index < -0.39 is 0 Å². The maximum absolute atomic E-state index is 12.7. The molecule has 1 aromatic heterocycles. The van der Waals surface area contributed by atoms with E-state index >= 15 is 0 Å². The van der Waals surface area contributed by atoms with Crippen molar-refractivity contribution in [2.24, 2.45) is 0 Å². The lowest BCUT2D eigenvalue weighted by atomic mass is 10.1. The molecule has 2 fully saturated rings. The Balaban J connectivity index is 1.49. The Labute approximate surface area is 169 Å². The standard InChI is InChI=1S/C24H35N3O/c1-2-3-4-5-6-11-16-26-22-15-10-9-14-21(22)25-24(26)19-17-23(28)27(18-19)20-12-7-8-13-20/h9-10,14-15,19-20H,2-8,11-13,16-18H2,1H3. The number of carbonyl (C=O) groups excluding carboxylic acids is 1. The van der Waals surface area contributed by atoms with E-state index in [4.69, 9.17) is 4.98 Å². The van der Waals surface area contributed by atoms with Crippen LogP contribution in [0.3, 0.4) is 0 Å². The van der Waals surface area contributed by atoms with Gasteiger partial charge in [0.05, 0.1) is 11.0 Å². The van der Waals surface area contributed by atoms with Crippen molar-refractivity contribution in [2.75, 3.05) is 6.54 Å². The number of benzene rings is 1. The molecular weight excluding hydrogens is 346 g/mol. The average Bonchev–Trinajstić information content (AvgIpc) is 3.43. The first-order valence-electron chi connectivity index (χ1n) is 11.5. The molecule has 1 amide bonds. The van der Waals surface area contributed by atoms with E-state index in [0.29, 0.717) is 18.4 Å². The molecule has 1 aromatic carbocycles.